The van der Waals surface area contributed by atoms with E-state index >= 15 is 0 Å². The van der Waals surface area contributed by atoms with E-state index in [-0.39, 0.29) is 24.6 Å². The van der Waals surface area contributed by atoms with Crippen molar-refractivity contribution in [2.75, 3.05) is 6.61 Å². The summed E-state index contributed by atoms with van der Waals surface area (Å²) in [5.41, 5.74) is 8.11. The van der Waals surface area contributed by atoms with Crippen molar-refractivity contribution in [3.05, 3.63) is 39.4 Å². The summed E-state index contributed by atoms with van der Waals surface area (Å²) in [6, 6.07) is 3.18. The second-order valence-corrected chi connectivity index (χ2v) is 4.79. The summed E-state index contributed by atoms with van der Waals surface area (Å²) in [4.78, 5) is 16.9. The molecule has 1 heterocycles. The number of aromatic nitrogens is 2. The van der Waals surface area contributed by atoms with Crippen molar-refractivity contribution in [3.8, 4) is 0 Å². The molecular formula is C14H20ClN3O2. The Morgan fingerprint density at radius 3 is 2.65 bits per heavy atom. The number of nitrogens with two attached hydrogens (primary N) is 1. The number of benzene rings is 1. The van der Waals surface area contributed by atoms with Crippen LogP contribution < -0.4 is 11.3 Å². The highest BCUT2D eigenvalue weighted by molar-refractivity contribution is 5.85. The standard InChI is InChI=1S/C14H19N3O2.ClH/c1-4-12-16-13-9(11(15)7-18)5-8(2)6-10(13)14(19)17(12)3;/h5-6,11,18H,4,7,15H2,1-3H3;1H/t11-;/m1./s1. The number of nitrogens with zero attached hydrogens (tertiary/aromatic N) is 2. The molecule has 0 saturated carbocycles. The van der Waals surface area contributed by atoms with E-state index in [1.54, 1.807) is 11.6 Å². The van der Waals surface area contributed by atoms with Crippen LogP contribution in [0.3, 0.4) is 0 Å². The van der Waals surface area contributed by atoms with E-state index in [2.05, 4.69) is 4.98 Å². The van der Waals surface area contributed by atoms with Crippen LogP contribution in [-0.4, -0.2) is 21.3 Å². The lowest BCUT2D eigenvalue weighted by atomic mass is 10.0. The van der Waals surface area contributed by atoms with Crippen molar-refractivity contribution in [1.82, 2.24) is 9.55 Å². The van der Waals surface area contributed by atoms with Crippen LogP contribution >= 0.6 is 12.4 Å². The largest absolute Gasteiger partial charge is 0.394 e. The fraction of sp³-hybridized carbons (Fsp3) is 0.429. The normalized spacial score (nSPS) is 12.2. The minimum absolute atomic E-state index is 0. The lowest BCUT2D eigenvalue weighted by Crippen LogP contribution is -2.24. The van der Waals surface area contributed by atoms with Crippen molar-refractivity contribution in [2.45, 2.75) is 26.3 Å². The van der Waals surface area contributed by atoms with Crippen LogP contribution in [0.2, 0.25) is 0 Å². The molecule has 0 spiro atoms. The average Bonchev–Trinajstić information content (AvgIpc) is 2.41. The van der Waals surface area contributed by atoms with Gasteiger partial charge in [0, 0.05) is 13.5 Å². The average molecular weight is 298 g/mol. The molecule has 1 aromatic heterocycles. The van der Waals surface area contributed by atoms with Crippen molar-refractivity contribution in [3.63, 3.8) is 0 Å². The molecule has 0 saturated heterocycles. The van der Waals surface area contributed by atoms with Gasteiger partial charge in [-0.25, -0.2) is 4.98 Å². The monoisotopic (exact) mass is 297 g/mol. The van der Waals surface area contributed by atoms with Gasteiger partial charge in [0.2, 0.25) is 0 Å². The van der Waals surface area contributed by atoms with Crippen molar-refractivity contribution >= 4 is 23.3 Å². The zero-order valence-corrected chi connectivity index (χ0v) is 12.7. The molecule has 0 amide bonds. The van der Waals surface area contributed by atoms with Crippen molar-refractivity contribution in [1.29, 1.82) is 0 Å². The molecule has 3 N–H and O–H groups in total. The van der Waals surface area contributed by atoms with Gasteiger partial charge in [0.05, 0.1) is 23.6 Å². The Balaban J connectivity index is 0.00000200. The molecule has 1 atom stereocenters. The summed E-state index contributed by atoms with van der Waals surface area (Å²) in [5, 5.41) is 9.81. The summed E-state index contributed by atoms with van der Waals surface area (Å²) in [5.74, 6) is 0.716. The maximum absolute atomic E-state index is 12.3. The molecule has 2 rings (SSSR count). The Bertz CT molecular complexity index is 682. The molecule has 0 aliphatic rings. The van der Waals surface area contributed by atoms with Crippen LogP contribution in [0.4, 0.5) is 0 Å². The number of halogens is 1. The van der Waals surface area contributed by atoms with Crippen LogP contribution in [-0.2, 0) is 13.5 Å². The first-order chi connectivity index (χ1) is 8.99. The second-order valence-electron chi connectivity index (χ2n) is 4.79. The van der Waals surface area contributed by atoms with Gasteiger partial charge in [-0.1, -0.05) is 13.0 Å². The highest BCUT2D eigenvalue weighted by Gasteiger charge is 2.15. The summed E-state index contributed by atoms with van der Waals surface area (Å²) in [7, 11) is 1.72. The highest BCUT2D eigenvalue weighted by Crippen LogP contribution is 2.21. The minimum Gasteiger partial charge on any atom is -0.394 e. The van der Waals surface area contributed by atoms with Gasteiger partial charge in [0.15, 0.2) is 0 Å². The zero-order valence-electron chi connectivity index (χ0n) is 11.9. The third-order valence-corrected chi connectivity index (χ3v) is 3.36. The van der Waals surface area contributed by atoms with Crippen LogP contribution in [0.25, 0.3) is 10.9 Å². The highest BCUT2D eigenvalue weighted by atomic mass is 35.5. The Morgan fingerprint density at radius 2 is 2.10 bits per heavy atom. The third kappa shape index (κ3) is 2.70. The molecule has 20 heavy (non-hydrogen) atoms. The predicted octanol–water partition coefficient (Wildman–Crippen LogP) is 1.22. The van der Waals surface area contributed by atoms with Gasteiger partial charge in [-0.3, -0.25) is 9.36 Å². The minimum atomic E-state index is -0.522. The maximum atomic E-state index is 12.3. The van der Waals surface area contributed by atoms with E-state index in [0.29, 0.717) is 23.1 Å². The molecule has 0 aliphatic carbocycles. The fourth-order valence-electron chi connectivity index (χ4n) is 2.29. The second kappa shape index (κ2) is 6.35. The number of fused-ring (bicyclic) bond motifs is 1. The Labute approximate surface area is 123 Å². The van der Waals surface area contributed by atoms with Crippen LogP contribution in [0.5, 0.6) is 0 Å². The van der Waals surface area contributed by atoms with E-state index in [1.807, 2.05) is 26.0 Å². The third-order valence-electron chi connectivity index (χ3n) is 3.36. The molecule has 0 unspecified atom stereocenters. The molecule has 6 heteroatoms. The van der Waals surface area contributed by atoms with Gasteiger partial charge in [-0.15, -0.1) is 12.4 Å². The molecule has 110 valence electrons. The molecule has 0 fully saturated rings. The predicted molar refractivity (Wildman–Crippen MR) is 82.4 cm³/mol. The van der Waals surface area contributed by atoms with Crippen molar-refractivity contribution < 1.29 is 5.11 Å². The van der Waals surface area contributed by atoms with Gasteiger partial charge in [-0.05, 0) is 24.1 Å². The molecule has 0 aliphatic heterocycles. The SMILES string of the molecule is CCc1nc2c([C@H](N)CO)cc(C)cc2c(=O)n1C.Cl. The number of aryl methyl sites for hydroxylation is 2. The summed E-state index contributed by atoms with van der Waals surface area (Å²) in [6.07, 6.45) is 0.670. The van der Waals surface area contributed by atoms with Crippen molar-refractivity contribution in [2.24, 2.45) is 12.8 Å². The zero-order chi connectivity index (χ0) is 14.2. The van der Waals surface area contributed by atoms with Gasteiger partial charge < -0.3 is 10.8 Å². The molecule has 0 bridgehead atoms. The van der Waals surface area contributed by atoms with E-state index < -0.39 is 6.04 Å². The van der Waals surface area contributed by atoms with Gasteiger partial charge in [0.1, 0.15) is 5.82 Å². The van der Waals surface area contributed by atoms with Crippen LogP contribution in [0.1, 0.15) is 29.9 Å². The molecular weight excluding hydrogens is 278 g/mol. The lowest BCUT2D eigenvalue weighted by Gasteiger charge is -2.15. The van der Waals surface area contributed by atoms with E-state index in [9.17, 15) is 9.90 Å². The first-order valence-electron chi connectivity index (χ1n) is 6.36. The molecule has 0 radical (unpaired) electrons. The van der Waals surface area contributed by atoms with Gasteiger partial charge >= 0.3 is 0 Å². The van der Waals surface area contributed by atoms with E-state index in [1.165, 1.54) is 0 Å². The Hall–Kier alpha value is -1.43. The first kappa shape index (κ1) is 16.6. The van der Waals surface area contributed by atoms with Crippen LogP contribution in [0.15, 0.2) is 16.9 Å². The maximum Gasteiger partial charge on any atom is 0.261 e. The molecule has 1 aromatic carbocycles. The Morgan fingerprint density at radius 1 is 1.45 bits per heavy atom. The summed E-state index contributed by atoms with van der Waals surface area (Å²) < 4.78 is 1.57. The number of hydrogen-bond donors (Lipinski definition) is 2. The van der Waals surface area contributed by atoms with Crippen LogP contribution in [0, 0.1) is 6.92 Å². The Kier molecular flexibility index (Phi) is 5.28. The van der Waals surface area contributed by atoms with Gasteiger partial charge in [0.25, 0.3) is 5.56 Å². The fourth-order valence-corrected chi connectivity index (χ4v) is 2.29. The quantitative estimate of drug-likeness (QED) is 0.892. The molecule has 5 nitrogen and oxygen atoms in total. The van der Waals surface area contributed by atoms with E-state index in [0.717, 1.165) is 11.1 Å². The number of hydrogen-bond acceptors (Lipinski definition) is 4. The summed E-state index contributed by atoms with van der Waals surface area (Å²) >= 11 is 0. The summed E-state index contributed by atoms with van der Waals surface area (Å²) in [6.45, 7) is 3.69. The number of rotatable bonds is 3. The smallest absolute Gasteiger partial charge is 0.261 e. The first-order valence-corrected chi connectivity index (χ1v) is 6.36. The number of aliphatic hydroxyl groups is 1. The molecule has 2 aromatic rings. The lowest BCUT2D eigenvalue weighted by molar-refractivity contribution is 0.268. The van der Waals surface area contributed by atoms with Gasteiger partial charge in [-0.2, -0.15) is 0 Å². The van der Waals surface area contributed by atoms with E-state index in [4.69, 9.17) is 5.73 Å². The topological polar surface area (TPSA) is 81.1 Å². The number of aliphatic hydroxyl groups excluding tert-OH is 1.